The van der Waals surface area contributed by atoms with Gasteiger partial charge < -0.3 is 10.5 Å². The average Bonchev–Trinajstić information content (AvgIpc) is 2.03. The molecule has 0 radical (unpaired) electrons. The Morgan fingerprint density at radius 2 is 2.14 bits per heavy atom. The third-order valence-electron chi connectivity index (χ3n) is 1.37. The fraction of sp³-hybridized carbons (Fsp3) is 0.571. The SMILES string of the molecule is CCOC(=O)CCN(C(=[NH2+])Br)C(N)=O. The second-order valence-corrected chi connectivity index (χ2v) is 3.18. The number of esters is 1. The summed E-state index contributed by atoms with van der Waals surface area (Å²) in [5.41, 5.74) is 5.00. The number of hydrogen-bond acceptors (Lipinski definition) is 3. The number of amides is 2. The second-order valence-electron chi connectivity index (χ2n) is 2.37. The summed E-state index contributed by atoms with van der Waals surface area (Å²) in [6.07, 6.45) is 0.0586. The van der Waals surface area contributed by atoms with Gasteiger partial charge in [0.25, 0.3) is 0 Å². The van der Waals surface area contributed by atoms with Crippen LogP contribution >= 0.6 is 15.9 Å². The lowest BCUT2D eigenvalue weighted by molar-refractivity contribution is -0.143. The molecule has 0 aliphatic carbocycles. The van der Waals surface area contributed by atoms with Crippen molar-refractivity contribution in [3.05, 3.63) is 0 Å². The van der Waals surface area contributed by atoms with E-state index in [-0.39, 0.29) is 17.7 Å². The summed E-state index contributed by atoms with van der Waals surface area (Å²) in [5, 5.41) is 5.30. The summed E-state index contributed by atoms with van der Waals surface area (Å²) >= 11 is 2.90. The van der Waals surface area contributed by atoms with E-state index in [1.807, 2.05) is 0 Å². The standard InChI is InChI=1S/C7H12BrN3O3/c1-2-14-5(12)3-4-11(6(8)9)7(10)13/h9H,2-4H2,1H3,(H2,10,13)/p+1. The molecule has 0 aromatic rings. The van der Waals surface area contributed by atoms with E-state index in [0.717, 1.165) is 4.90 Å². The predicted molar refractivity (Wildman–Crippen MR) is 53.4 cm³/mol. The van der Waals surface area contributed by atoms with E-state index in [2.05, 4.69) is 20.7 Å². The highest BCUT2D eigenvalue weighted by Crippen LogP contribution is 1.97. The molecule has 0 heterocycles. The van der Waals surface area contributed by atoms with Gasteiger partial charge in [0.1, 0.15) is 6.54 Å². The van der Waals surface area contributed by atoms with Gasteiger partial charge in [0, 0.05) is 15.9 Å². The van der Waals surface area contributed by atoms with Crippen molar-refractivity contribution in [1.29, 1.82) is 0 Å². The first-order valence-corrected chi connectivity index (χ1v) is 4.78. The molecule has 7 heteroatoms. The highest BCUT2D eigenvalue weighted by atomic mass is 79.9. The summed E-state index contributed by atoms with van der Waals surface area (Å²) in [6, 6.07) is -0.719. The molecule has 0 unspecified atom stereocenters. The quantitative estimate of drug-likeness (QED) is 0.290. The summed E-state index contributed by atoms with van der Waals surface area (Å²) in [6.45, 7) is 2.11. The Morgan fingerprint density at radius 1 is 1.57 bits per heavy atom. The molecule has 80 valence electrons. The normalized spacial score (nSPS) is 9.29. The van der Waals surface area contributed by atoms with E-state index in [0.29, 0.717) is 6.61 Å². The van der Waals surface area contributed by atoms with Gasteiger partial charge in [-0.3, -0.25) is 10.2 Å². The first-order chi connectivity index (χ1) is 6.49. The summed E-state index contributed by atoms with van der Waals surface area (Å²) in [7, 11) is 0. The van der Waals surface area contributed by atoms with Crippen molar-refractivity contribution in [1.82, 2.24) is 4.90 Å². The van der Waals surface area contributed by atoms with Gasteiger partial charge in [-0.05, 0) is 6.92 Å². The monoisotopic (exact) mass is 266 g/mol. The molecule has 0 saturated heterocycles. The fourth-order valence-corrected chi connectivity index (χ4v) is 1.11. The van der Waals surface area contributed by atoms with Crippen LogP contribution < -0.4 is 11.1 Å². The zero-order valence-electron chi connectivity index (χ0n) is 7.83. The number of hydrogen-bond donors (Lipinski definition) is 2. The molecule has 6 nitrogen and oxygen atoms in total. The summed E-state index contributed by atoms with van der Waals surface area (Å²) < 4.78 is 4.75. The molecule has 14 heavy (non-hydrogen) atoms. The minimum atomic E-state index is -0.719. The molecule has 0 aliphatic heterocycles. The van der Waals surface area contributed by atoms with E-state index in [4.69, 9.17) is 11.1 Å². The van der Waals surface area contributed by atoms with Crippen LogP contribution in [0.1, 0.15) is 13.3 Å². The number of primary amides is 1. The number of amidine groups is 1. The lowest BCUT2D eigenvalue weighted by atomic mass is 10.4. The molecule has 4 N–H and O–H groups in total. The van der Waals surface area contributed by atoms with Gasteiger partial charge in [-0.25, -0.2) is 4.79 Å². The molecule has 0 spiro atoms. The van der Waals surface area contributed by atoms with Gasteiger partial charge in [-0.2, -0.15) is 4.90 Å². The van der Waals surface area contributed by atoms with Gasteiger partial charge >= 0.3 is 16.7 Å². The summed E-state index contributed by atoms with van der Waals surface area (Å²) in [4.78, 5) is 22.7. The molecule has 0 saturated carbocycles. The van der Waals surface area contributed by atoms with E-state index in [9.17, 15) is 9.59 Å². The lowest BCUT2D eigenvalue weighted by Crippen LogP contribution is -2.52. The lowest BCUT2D eigenvalue weighted by Gasteiger charge is -2.08. The van der Waals surface area contributed by atoms with Gasteiger partial charge in [0.2, 0.25) is 0 Å². The predicted octanol–water partition coefficient (Wildman–Crippen LogP) is -1.17. The third-order valence-corrected chi connectivity index (χ3v) is 1.80. The molecular formula is C7H13BrN3O3+. The Morgan fingerprint density at radius 3 is 2.50 bits per heavy atom. The van der Waals surface area contributed by atoms with Crippen molar-refractivity contribution >= 4 is 32.7 Å². The average molecular weight is 267 g/mol. The highest BCUT2D eigenvalue weighted by Gasteiger charge is 2.22. The largest absolute Gasteiger partial charge is 0.466 e. The van der Waals surface area contributed by atoms with Gasteiger partial charge in [0.15, 0.2) is 0 Å². The third kappa shape index (κ3) is 4.80. The van der Waals surface area contributed by atoms with Crippen LogP contribution in [0.2, 0.25) is 0 Å². The number of carbonyl (C=O) groups excluding carboxylic acids is 2. The van der Waals surface area contributed by atoms with Crippen LogP contribution in [0, 0.1) is 0 Å². The van der Waals surface area contributed by atoms with Crippen LogP contribution in [0.4, 0.5) is 4.79 Å². The van der Waals surface area contributed by atoms with Crippen LogP contribution in [0.5, 0.6) is 0 Å². The topological polar surface area (TPSA) is 98.2 Å². The Bertz CT molecular complexity index is 230. The molecule has 0 aromatic heterocycles. The zero-order valence-corrected chi connectivity index (χ0v) is 9.41. The fourth-order valence-electron chi connectivity index (χ4n) is 0.759. The van der Waals surface area contributed by atoms with Crippen LogP contribution in [-0.4, -0.2) is 34.8 Å². The van der Waals surface area contributed by atoms with E-state index in [1.165, 1.54) is 0 Å². The van der Waals surface area contributed by atoms with Crippen LogP contribution in [0.25, 0.3) is 0 Å². The molecule has 0 atom stereocenters. The van der Waals surface area contributed by atoms with Gasteiger partial charge in [-0.1, -0.05) is 0 Å². The number of nitrogens with two attached hydrogens (primary N) is 2. The molecule has 0 bridgehead atoms. The van der Waals surface area contributed by atoms with Crippen molar-refractivity contribution in [3.8, 4) is 0 Å². The zero-order chi connectivity index (χ0) is 11.1. The molecule has 2 amide bonds. The Labute approximate surface area is 90.0 Å². The van der Waals surface area contributed by atoms with E-state index >= 15 is 0 Å². The smallest absolute Gasteiger partial charge is 0.406 e. The Balaban J connectivity index is 4.01. The van der Waals surface area contributed by atoms with E-state index < -0.39 is 12.0 Å². The molecule has 0 rings (SSSR count). The van der Waals surface area contributed by atoms with Crippen molar-refractivity contribution < 1.29 is 19.7 Å². The van der Waals surface area contributed by atoms with E-state index in [1.54, 1.807) is 6.92 Å². The minimum Gasteiger partial charge on any atom is -0.466 e. The second kappa shape index (κ2) is 6.36. The molecule has 0 aliphatic rings. The van der Waals surface area contributed by atoms with Crippen molar-refractivity contribution in [3.63, 3.8) is 0 Å². The molecular weight excluding hydrogens is 254 g/mol. The Kier molecular flexibility index (Phi) is 5.86. The van der Waals surface area contributed by atoms with Crippen molar-refractivity contribution in [2.75, 3.05) is 13.2 Å². The first-order valence-electron chi connectivity index (χ1n) is 3.99. The number of carbonyl (C=O) groups is 2. The van der Waals surface area contributed by atoms with Crippen molar-refractivity contribution in [2.24, 2.45) is 5.73 Å². The van der Waals surface area contributed by atoms with Crippen LogP contribution in [0.15, 0.2) is 0 Å². The number of rotatable bonds is 4. The number of urea groups is 1. The number of nitrogens with zero attached hydrogens (tertiary/aromatic N) is 1. The maximum absolute atomic E-state index is 10.9. The van der Waals surface area contributed by atoms with Crippen LogP contribution in [-0.2, 0) is 9.53 Å². The minimum absolute atomic E-state index is 0.0586. The summed E-state index contributed by atoms with van der Waals surface area (Å²) in [5.74, 6) is -0.396. The van der Waals surface area contributed by atoms with Gasteiger partial charge in [0.05, 0.1) is 13.0 Å². The first kappa shape index (κ1) is 12.9. The Hall–Kier alpha value is -1.11. The maximum Gasteiger partial charge on any atom is 0.406 e. The van der Waals surface area contributed by atoms with Crippen molar-refractivity contribution in [2.45, 2.75) is 13.3 Å². The number of ether oxygens (including phenoxy) is 1. The van der Waals surface area contributed by atoms with Gasteiger partial charge in [-0.15, -0.1) is 0 Å². The van der Waals surface area contributed by atoms with Crippen LogP contribution in [0.3, 0.4) is 0 Å². The highest BCUT2D eigenvalue weighted by molar-refractivity contribution is 9.18. The molecule has 0 fully saturated rings. The number of halogens is 1. The maximum atomic E-state index is 10.9. The molecule has 0 aromatic carbocycles.